The minimum absolute atomic E-state index is 0.0346. The van der Waals surface area contributed by atoms with Gasteiger partial charge in [0.15, 0.2) is 0 Å². The standard InChI is InChI=1S/C25H33Cl2N3O5S/c1-6-21(25(32)28-14-17(2)3)29(15-18-11-12-19(26)20(27)13-18)24(31)16-30(36(5,33)34)22-9-7-8-10-23(22)35-4/h7-13,17,21H,6,14-16H2,1-5H3,(H,28,32). The minimum Gasteiger partial charge on any atom is -0.495 e. The molecule has 0 aliphatic carbocycles. The summed E-state index contributed by atoms with van der Waals surface area (Å²) in [6.45, 7) is 5.69. The Bertz CT molecular complexity index is 1170. The van der Waals surface area contributed by atoms with Crippen LogP contribution in [-0.2, 0) is 26.2 Å². The molecular weight excluding hydrogens is 525 g/mol. The number of para-hydroxylation sites is 2. The summed E-state index contributed by atoms with van der Waals surface area (Å²) in [4.78, 5) is 28.2. The number of nitrogens with one attached hydrogen (secondary N) is 1. The molecule has 0 aliphatic heterocycles. The Morgan fingerprint density at radius 1 is 1.08 bits per heavy atom. The van der Waals surface area contributed by atoms with Gasteiger partial charge in [0.2, 0.25) is 21.8 Å². The van der Waals surface area contributed by atoms with Gasteiger partial charge >= 0.3 is 0 Å². The van der Waals surface area contributed by atoms with E-state index >= 15 is 0 Å². The van der Waals surface area contributed by atoms with E-state index < -0.39 is 28.5 Å². The Morgan fingerprint density at radius 2 is 1.75 bits per heavy atom. The van der Waals surface area contributed by atoms with Crippen molar-refractivity contribution in [1.82, 2.24) is 10.2 Å². The van der Waals surface area contributed by atoms with E-state index in [9.17, 15) is 18.0 Å². The number of methoxy groups -OCH3 is 1. The maximum Gasteiger partial charge on any atom is 0.244 e. The second-order valence-electron chi connectivity index (χ2n) is 8.77. The summed E-state index contributed by atoms with van der Waals surface area (Å²) in [6, 6.07) is 10.6. The number of anilines is 1. The fourth-order valence-corrected chi connectivity index (χ4v) is 4.78. The van der Waals surface area contributed by atoms with E-state index in [0.717, 1.165) is 10.6 Å². The van der Waals surface area contributed by atoms with Crippen molar-refractivity contribution in [3.05, 3.63) is 58.1 Å². The van der Waals surface area contributed by atoms with Crippen LogP contribution in [0.2, 0.25) is 10.0 Å². The van der Waals surface area contributed by atoms with Crippen molar-refractivity contribution < 1.29 is 22.7 Å². The van der Waals surface area contributed by atoms with Crippen molar-refractivity contribution in [2.45, 2.75) is 39.8 Å². The summed E-state index contributed by atoms with van der Waals surface area (Å²) in [7, 11) is -2.45. The van der Waals surface area contributed by atoms with Gasteiger partial charge in [-0.3, -0.25) is 13.9 Å². The second kappa shape index (κ2) is 13.2. The Balaban J connectivity index is 2.48. The average Bonchev–Trinajstić information content (AvgIpc) is 2.82. The topological polar surface area (TPSA) is 96.0 Å². The molecule has 0 spiro atoms. The highest BCUT2D eigenvalue weighted by Crippen LogP contribution is 2.30. The fourth-order valence-electron chi connectivity index (χ4n) is 3.61. The largest absolute Gasteiger partial charge is 0.495 e. The molecule has 0 heterocycles. The van der Waals surface area contributed by atoms with Crippen LogP contribution in [0.25, 0.3) is 0 Å². The first kappa shape index (κ1) is 29.7. The summed E-state index contributed by atoms with van der Waals surface area (Å²) in [5.74, 6) is -0.350. The molecule has 0 aliphatic rings. The fraction of sp³-hybridized carbons (Fsp3) is 0.440. The van der Waals surface area contributed by atoms with E-state index in [0.29, 0.717) is 34.3 Å². The van der Waals surface area contributed by atoms with Crippen molar-refractivity contribution in [3.8, 4) is 5.75 Å². The minimum atomic E-state index is -3.87. The first-order chi connectivity index (χ1) is 16.9. The molecule has 198 valence electrons. The molecule has 11 heteroatoms. The molecule has 36 heavy (non-hydrogen) atoms. The van der Waals surface area contributed by atoms with Crippen LogP contribution >= 0.6 is 23.2 Å². The Morgan fingerprint density at radius 3 is 2.31 bits per heavy atom. The summed E-state index contributed by atoms with van der Waals surface area (Å²) in [5.41, 5.74) is 0.874. The molecule has 0 fully saturated rings. The van der Waals surface area contributed by atoms with Crippen molar-refractivity contribution in [1.29, 1.82) is 0 Å². The van der Waals surface area contributed by atoms with Gasteiger partial charge in [0, 0.05) is 13.1 Å². The lowest BCUT2D eigenvalue weighted by Crippen LogP contribution is -2.52. The number of hydrogen-bond donors (Lipinski definition) is 1. The average molecular weight is 559 g/mol. The van der Waals surface area contributed by atoms with Gasteiger partial charge in [-0.1, -0.05) is 62.2 Å². The highest BCUT2D eigenvalue weighted by Gasteiger charge is 2.32. The van der Waals surface area contributed by atoms with Gasteiger partial charge in [0.05, 0.1) is 29.1 Å². The predicted molar refractivity (Wildman–Crippen MR) is 144 cm³/mol. The van der Waals surface area contributed by atoms with Crippen molar-refractivity contribution in [3.63, 3.8) is 0 Å². The summed E-state index contributed by atoms with van der Waals surface area (Å²) < 4.78 is 31.8. The van der Waals surface area contributed by atoms with Gasteiger partial charge in [0.1, 0.15) is 18.3 Å². The molecule has 2 amide bonds. The van der Waals surface area contributed by atoms with Crippen LogP contribution in [0.4, 0.5) is 5.69 Å². The first-order valence-corrected chi connectivity index (χ1v) is 14.1. The third kappa shape index (κ3) is 8.01. The molecule has 1 atom stereocenters. The number of carbonyl (C=O) groups excluding carboxylic acids is 2. The van der Waals surface area contributed by atoms with E-state index in [1.807, 2.05) is 13.8 Å². The highest BCUT2D eigenvalue weighted by atomic mass is 35.5. The van der Waals surface area contributed by atoms with Gasteiger partial charge in [-0.05, 0) is 42.2 Å². The maximum atomic E-state index is 13.7. The number of benzene rings is 2. The van der Waals surface area contributed by atoms with Crippen LogP contribution in [0, 0.1) is 5.92 Å². The number of ether oxygens (including phenoxy) is 1. The van der Waals surface area contributed by atoms with Crippen LogP contribution in [-0.4, -0.2) is 57.6 Å². The Hall–Kier alpha value is -2.49. The third-order valence-electron chi connectivity index (χ3n) is 5.44. The molecule has 8 nitrogen and oxygen atoms in total. The van der Waals surface area contributed by atoms with Gasteiger partial charge < -0.3 is 15.0 Å². The maximum absolute atomic E-state index is 13.7. The van der Waals surface area contributed by atoms with Crippen molar-refractivity contribution in [2.24, 2.45) is 5.92 Å². The number of rotatable bonds is 12. The van der Waals surface area contributed by atoms with Crippen LogP contribution in [0.3, 0.4) is 0 Å². The number of hydrogen-bond acceptors (Lipinski definition) is 5. The zero-order valence-electron chi connectivity index (χ0n) is 21.1. The second-order valence-corrected chi connectivity index (χ2v) is 11.5. The van der Waals surface area contributed by atoms with E-state index in [-0.39, 0.29) is 24.1 Å². The molecule has 2 aromatic rings. The monoisotopic (exact) mass is 557 g/mol. The molecule has 1 unspecified atom stereocenters. The molecule has 2 aromatic carbocycles. The van der Waals surface area contributed by atoms with E-state index in [1.165, 1.54) is 12.0 Å². The van der Waals surface area contributed by atoms with Gasteiger partial charge in [0.25, 0.3) is 0 Å². The van der Waals surface area contributed by atoms with E-state index in [4.69, 9.17) is 27.9 Å². The van der Waals surface area contributed by atoms with Crippen LogP contribution in [0.15, 0.2) is 42.5 Å². The third-order valence-corrected chi connectivity index (χ3v) is 7.31. The Kier molecular flexibility index (Phi) is 10.9. The number of nitrogens with zero attached hydrogens (tertiary/aromatic N) is 2. The molecular formula is C25H33Cl2N3O5S. The van der Waals surface area contributed by atoms with Crippen LogP contribution < -0.4 is 14.4 Å². The van der Waals surface area contributed by atoms with Gasteiger partial charge in [-0.25, -0.2) is 8.42 Å². The van der Waals surface area contributed by atoms with Gasteiger partial charge in [-0.2, -0.15) is 0 Å². The highest BCUT2D eigenvalue weighted by molar-refractivity contribution is 7.92. The summed E-state index contributed by atoms with van der Waals surface area (Å²) in [6.07, 6.45) is 1.34. The zero-order chi connectivity index (χ0) is 27.0. The van der Waals surface area contributed by atoms with E-state index in [2.05, 4.69) is 5.32 Å². The van der Waals surface area contributed by atoms with Crippen LogP contribution in [0.5, 0.6) is 5.75 Å². The van der Waals surface area contributed by atoms with Crippen LogP contribution in [0.1, 0.15) is 32.8 Å². The summed E-state index contributed by atoms with van der Waals surface area (Å²) in [5, 5.41) is 3.55. The quantitative estimate of drug-likeness (QED) is 0.418. The Labute approximate surface area is 223 Å². The SMILES string of the molecule is CCC(C(=O)NCC(C)C)N(Cc1ccc(Cl)c(Cl)c1)C(=O)CN(c1ccccc1OC)S(C)(=O)=O. The number of carbonyl (C=O) groups is 2. The molecule has 0 saturated heterocycles. The molecule has 1 N–H and O–H groups in total. The van der Waals surface area contributed by atoms with Crippen molar-refractivity contribution >= 4 is 50.7 Å². The van der Waals surface area contributed by atoms with Crippen molar-refractivity contribution in [2.75, 3.05) is 30.8 Å². The lowest BCUT2D eigenvalue weighted by atomic mass is 10.1. The molecule has 0 aromatic heterocycles. The molecule has 0 saturated carbocycles. The first-order valence-electron chi connectivity index (χ1n) is 11.5. The lowest BCUT2D eigenvalue weighted by molar-refractivity contribution is -0.140. The number of halogens is 2. The number of amides is 2. The zero-order valence-corrected chi connectivity index (χ0v) is 23.5. The molecule has 0 radical (unpaired) electrons. The smallest absolute Gasteiger partial charge is 0.244 e. The predicted octanol–water partition coefficient (Wildman–Crippen LogP) is 4.35. The molecule has 0 bridgehead atoms. The summed E-state index contributed by atoms with van der Waals surface area (Å²) >= 11 is 12.2. The number of sulfonamides is 1. The lowest BCUT2D eigenvalue weighted by Gasteiger charge is -2.33. The van der Waals surface area contributed by atoms with E-state index in [1.54, 1.807) is 49.4 Å². The normalized spacial score (nSPS) is 12.2. The molecule has 2 rings (SSSR count). The van der Waals surface area contributed by atoms with Gasteiger partial charge in [-0.15, -0.1) is 0 Å².